The topological polar surface area (TPSA) is 67.4 Å². The fourth-order valence-electron chi connectivity index (χ4n) is 2.75. The Labute approximate surface area is 154 Å². The summed E-state index contributed by atoms with van der Waals surface area (Å²) < 4.78 is 5.33. The smallest absolute Gasteiger partial charge is 0.262 e. The van der Waals surface area contributed by atoms with E-state index < -0.39 is 0 Å². The molecule has 2 amide bonds. The zero-order chi connectivity index (χ0) is 17.9. The summed E-state index contributed by atoms with van der Waals surface area (Å²) in [6, 6.07) is 17.4. The van der Waals surface area contributed by atoms with Gasteiger partial charge >= 0.3 is 0 Å². The second kappa shape index (κ2) is 7.01. The zero-order valence-corrected chi connectivity index (χ0v) is 14.6. The number of carbonyl (C=O) groups is 2. The first-order chi connectivity index (χ1) is 12.7. The Morgan fingerprint density at radius 1 is 1.12 bits per heavy atom. The van der Waals surface area contributed by atoms with Crippen molar-refractivity contribution in [2.75, 3.05) is 11.9 Å². The number of hydrogen-bond acceptors (Lipinski definition) is 4. The Balaban J connectivity index is 1.42. The standard InChI is InChI=1S/C20H16N2O3S/c23-19-11-25-17-7-6-13(8-16(17)22-19)10-21-20(24)18-9-15(12-26-18)14-4-2-1-3-5-14/h1-9,12H,10-11H2,(H,21,24)(H,22,23). The molecule has 130 valence electrons. The highest BCUT2D eigenvalue weighted by atomic mass is 32.1. The molecule has 2 aromatic carbocycles. The Hall–Kier alpha value is -3.12. The highest BCUT2D eigenvalue weighted by Gasteiger charge is 2.16. The summed E-state index contributed by atoms with van der Waals surface area (Å²) in [5.74, 6) is 0.353. The number of rotatable bonds is 4. The third-order valence-electron chi connectivity index (χ3n) is 4.06. The second-order valence-electron chi connectivity index (χ2n) is 5.92. The van der Waals surface area contributed by atoms with Gasteiger partial charge in [-0.1, -0.05) is 36.4 Å². The summed E-state index contributed by atoms with van der Waals surface area (Å²) in [4.78, 5) is 24.5. The fourth-order valence-corrected chi connectivity index (χ4v) is 3.58. The van der Waals surface area contributed by atoms with Gasteiger partial charge in [-0.3, -0.25) is 9.59 Å². The molecule has 2 N–H and O–H groups in total. The second-order valence-corrected chi connectivity index (χ2v) is 6.83. The van der Waals surface area contributed by atoms with E-state index in [-0.39, 0.29) is 18.4 Å². The molecule has 0 saturated carbocycles. The molecular formula is C20H16N2O3S. The van der Waals surface area contributed by atoms with Crippen molar-refractivity contribution in [1.29, 1.82) is 0 Å². The number of thiophene rings is 1. The molecule has 0 fully saturated rings. The Kier molecular flexibility index (Phi) is 4.41. The van der Waals surface area contributed by atoms with Gasteiger partial charge in [0, 0.05) is 6.54 Å². The fraction of sp³-hybridized carbons (Fsp3) is 0.100. The summed E-state index contributed by atoms with van der Waals surface area (Å²) in [6.45, 7) is 0.408. The van der Waals surface area contributed by atoms with Gasteiger partial charge in [0.25, 0.3) is 11.8 Å². The number of carbonyl (C=O) groups excluding carboxylic acids is 2. The van der Waals surface area contributed by atoms with Crippen LogP contribution in [0.3, 0.4) is 0 Å². The number of nitrogens with one attached hydrogen (secondary N) is 2. The number of benzene rings is 2. The Morgan fingerprint density at radius 3 is 2.81 bits per heavy atom. The first-order valence-electron chi connectivity index (χ1n) is 8.17. The van der Waals surface area contributed by atoms with Crippen LogP contribution in [-0.2, 0) is 11.3 Å². The van der Waals surface area contributed by atoms with Crippen molar-refractivity contribution in [3.05, 3.63) is 70.4 Å². The van der Waals surface area contributed by atoms with Crippen LogP contribution in [0.15, 0.2) is 60.0 Å². The van der Waals surface area contributed by atoms with Crippen LogP contribution in [0.4, 0.5) is 5.69 Å². The Morgan fingerprint density at radius 2 is 1.96 bits per heavy atom. The van der Waals surface area contributed by atoms with E-state index in [4.69, 9.17) is 4.74 Å². The third kappa shape index (κ3) is 3.45. The van der Waals surface area contributed by atoms with Gasteiger partial charge in [0.1, 0.15) is 5.75 Å². The lowest BCUT2D eigenvalue weighted by Crippen LogP contribution is -2.26. The van der Waals surface area contributed by atoms with Crippen molar-refractivity contribution in [2.24, 2.45) is 0 Å². The molecule has 3 aromatic rings. The molecule has 0 aliphatic carbocycles. The minimum Gasteiger partial charge on any atom is -0.482 e. The minimum atomic E-state index is -0.175. The normalized spacial score (nSPS) is 12.7. The quantitative estimate of drug-likeness (QED) is 0.742. The van der Waals surface area contributed by atoms with Gasteiger partial charge in [0.05, 0.1) is 10.6 Å². The molecule has 1 aliphatic rings. The maximum atomic E-state index is 12.4. The van der Waals surface area contributed by atoms with Gasteiger partial charge in [-0.15, -0.1) is 11.3 Å². The van der Waals surface area contributed by atoms with E-state index in [9.17, 15) is 9.59 Å². The summed E-state index contributed by atoms with van der Waals surface area (Å²) in [7, 11) is 0. The van der Waals surface area contributed by atoms with E-state index in [1.807, 2.05) is 53.9 Å². The van der Waals surface area contributed by atoms with Crippen LogP contribution in [-0.4, -0.2) is 18.4 Å². The average molecular weight is 364 g/mol. The van der Waals surface area contributed by atoms with Gasteiger partial charge in [-0.2, -0.15) is 0 Å². The van der Waals surface area contributed by atoms with Crippen molar-refractivity contribution in [1.82, 2.24) is 5.32 Å². The van der Waals surface area contributed by atoms with Gasteiger partial charge in [0.2, 0.25) is 0 Å². The molecule has 1 aromatic heterocycles. The number of fused-ring (bicyclic) bond motifs is 1. The van der Waals surface area contributed by atoms with E-state index in [0.717, 1.165) is 16.7 Å². The van der Waals surface area contributed by atoms with E-state index in [1.165, 1.54) is 11.3 Å². The molecule has 0 radical (unpaired) electrons. The van der Waals surface area contributed by atoms with Crippen LogP contribution in [0.2, 0.25) is 0 Å². The predicted octanol–water partition coefficient (Wildman–Crippen LogP) is 3.68. The minimum absolute atomic E-state index is 0.0329. The Bertz CT molecular complexity index is 966. The summed E-state index contributed by atoms with van der Waals surface area (Å²) in [6.07, 6.45) is 0. The maximum absolute atomic E-state index is 12.4. The molecule has 0 saturated heterocycles. The van der Waals surface area contributed by atoms with Crippen molar-refractivity contribution >= 4 is 28.8 Å². The van der Waals surface area contributed by atoms with Crippen LogP contribution in [0, 0.1) is 0 Å². The van der Waals surface area contributed by atoms with E-state index in [2.05, 4.69) is 10.6 Å². The largest absolute Gasteiger partial charge is 0.482 e. The molecule has 2 heterocycles. The highest BCUT2D eigenvalue weighted by Crippen LogP contribution is 2.29. The molecule has 26 heavy (non-hydrogen) atoms. The highest BCUT2D eigenvalue weighted by molar-refractivity contribution is 7.12. The molecule has 0 bridgehead atoms. The predicted molar refractivity (Wildman–Crippen MR) is 101 cm³/mol. The van der Waals surface area contributed by atoms with Gasteiger partial charge in [-0.25, -0.2) is 0 Å². The number of ether oxygens (including phenoxy) is 1. The summed E-state index contributed by atoms with van der Waals surface area (Å²) >= 11 is 1.42. The number of anilines is 1. The van der Waals surface area contributed by atoms with Crippen molar-refractivity contribution < 1.29 is 14.3 Å². The lowest BCUT2D eigenvalue weighted by atomic mass is 10.1. The number of amides is 2. The van der Waals surface area contributed by atoms with Crippen molar-refractivity contribution in [3.8, 4) is 16.9 Å². The zero-order valence-electron chi connectivity index (χ0n) is 13.8. The van der Waals surface area contributed by atoms with Crippen LogP contribution >= 0.6 is 11.3 Å². The average Bonchev–Trinajstić information content (AvgIpc) is 3.17. The first kappa shape index (κ1) is 16.4. The molecule has 5 nitrogen and oxygen atoms in total. The van der Waals surface area contributed by atoms with Gasteiger partial charge in [0.15, 0.2) is 6.61 Å². The molecule has 1 aliphatic heterocycles. The van der Waals surface area contributed by atoms with Gasteiger partial charge in [-0.05, 0) is 40.3 Å². The van der Waals surface area contributed by atoms with Crippen LogP contribution in [0.25, 0.3) is 11.1 Å². The lowest BCUT2D eigenvalue weighted by molar-refractivity contribution is -0.118. The maximum Gasteiger partial charge on any atom is 0.262 e. The monoisotopic (exact) mass is 364 g/mol. The molecule has 0 unspecified atom stereocenters. The van der Waals surface area contributed by atoms with Gasteiger partial charge < -0.3 is 15.4 Å². The van der Waals surface area contributed by atoms with Crippen LogP contribution < -0.4 is 15.4 Å². The third-order valence-corrected chi connectivity index (χ3v) is 4.99. The van der Waals surface area contributed by atoms with Crippen LogP contribution in [0.1, 0.15) is 15.2 Å². The molecule has 0 atom stereocenters. The van der Waals surface area contributed by atoms with E-state index in [1.54, 1.807) is 6.07 Å². The number of hydrogen-bond donors (Lipinski definition) is 2. The SMILES string of the molecule is O=C1COc2ccc(CNC(=O)c3cc(-c4ccccc4)cs3)cc2N1. The molecule has 6 heteroatoms. The van der Waals surface area contributed by atoms with Crippen molar-refractivity contribution in [3.63, 3.8) is 0 Å². The first-order valence-corrected chi connectivity index (χ1v) is 9.05. The summed E-state index contributed by atoms with van der Waals surface area (Å²) in [5, 5.41) is 7.66. The lowest BCUT2D eigenvalue weighted by Gasteiger charge is -2.18. The van der Waals surface area contributed by atoms with Crippen molar-refractivity contribution in [2.45, 2.75) is 6.54 Å². The molecule has 0 spiro atoms. The van der Waals surface area contributed by atoms with E-state index >= 15 is 0 Å². The van der Waals surface area contributed by atoms with E-state index in [0.29, 0.717) is 22.9 Å². The molecular weight excluding hydrogens is 348 g/mol. The molecule has 4 rings (SSSR count). The summed E-state index contributed by atoms with van der Waals surface area (Å²) in [5.41, 5.74) is 3.65. The van der Waals surface area contributed by atoms with Crippen LogP contribution in [0.5, 0.6) is 5.75 Å².